The molecule has 1 aromatic heterocycles. The third kappa shape index (κ3) is 4.16. The molecule has 1 aromatic rings. The highest BCUT2D eigenvalue weighted by molar-refractivity contribution is 6.03. The largest absolute Gasteiger partial charge is 0.469 e. The van der Waals surface area contributed by atoms with Gasteiger partial charge >= 0.3 is 5.97 Å². The summed E-state index contributed by atoms with van der Waals surface area (Å²) in [5.41, 5.74) is 0. The number of nitrogens with one attached hydrogen (secondary N) is 1. The van der Waals surface area contributed by atoms with E-state index < -0.39 is 5.91 Å². The summed E-state index contributed by atoms with van der Waals surface area (Å²) in [7, 11) is 1.38. The average Bonchev–Trinajstić information content (AvgIpc) is 3.01. The van der Waals surface area contributed by atoms with Gasteiger partial charge in [-0.2, -0.15) is 0 Å². The SMILES string of the molecule is COC(=O)C1CCN(CC(=O)NC(=O)c2ccco2)CC1. The van der Waals surface area contributed by atoms with Gasteiger partial charge < -0.3 is 9.15 Å². The van der Waals surface area contributed by atoms with Gasteiger partial charge in [-0.05, 0) is 38.1 Å². The molecular formula is C14H18N2O5. The van der Waals surface area contributed by atoms with Gasteiger partial charge in [0.2, 0.25) is 5.91 Å². The van der Waals surface area contributed by atoms with Crippen molar-refractivity contribution in [2.75, 3.05) is 26.7 Å². The van der Waals surface area contributed by atoms with Gasteiger partial charge in [-0.15, -0.1) is 0 Å². The van der Waals surface area contributed by atoms with Crippen molar-refractivity contribution in [2.24, 2.45) is 5.92 Å². The second kappa shape index (κ2) is 7.03. The number of carbonyl (C=O) groups is 3. The molecule has 21 heavy (non-hydrogen) atoms. The lowest BCUT2D eigenvalue weighted by Gasteiger charge is -2.29. The molecule has 2 amide bonds. The fourth-order valence-electron chi connectivity index (χ4n) is 2.33. The Morgan fingerprint density at radius 1 is 1.38 bits per heavy atom. The Morgan fingerprint density at radius 3 is 2.67 bits per heavy atom. The van der Waals surface area contributed by atoms with Gasteiger partial charge in [-0.3, -0.25) is 24.6 Å². The molecule has 2 heterocycles. The van der Waals surface area contributed by atoms with Crippen LogP contribution in [0.1, 0.15) is 23.4 Å². The van der Waals surface area contributed by atoms with E-state index in [-0.39, 0.29) is 30.1 Å². The van der Waals surface area contributed by atoms with E-state index in [0.717, 1.165) is 0 Å². The number of nitrogens with zero attached hydrogens (tertiary/aromatic N) is 1. The Kier molecular flexibility index (Phi) is 5.10. The molecule has 0 aliphatic carbocycles. The Bertz CT molecular complexity index is 503. The monoisotopic (exact) mass is 294 g/mol. The molecule has 0 aromatic carbocycles. The lowest BCUT2D eigenvalue weighted by Crippen LogP contribution is -2.44. The van der Waals surface area contributed by atoms with E-state index in [2.05, 4.69) is 5.32 Å². The van der Waals surface area contributed by atoms with E-state index in [1.54, 1.807) is 6.07 Å². The van der Waals surface area contributed by atoms with Gasteiger partial charge in [0, 0.05) is 0 Å². The predicted octanol–water partition coefficient (Wildman–Crippen LogP) is 0.421. The molecule has 0 bridgehead atoms. The first-order valence-corrected chi connectivity index (χ1v) is 6.78. The number of piperidine rings is 1. The van der Waals surface area contributed by atoms with Crippen LogP contribution in [0.15, 0.2) is 22.8 Å². The first-order valence-electron chi connectivity index (χ1n) is 6.78. The normalized spacial score (nSPS) is 16.4. The molecule has 1 aliphatic rings. The van der Waals surface area contributed by atoms with Gasteiger partial charge in [-0.25, -0.2) is 0 Å². The standard InChI is InChI=1S/C14H18N2O5/c1-20-14(19)10-4-6-16(7-5-10)9-12(17)15-13(18)11-3-2-8-21-11/h2-3,8,10H,4-7,9H2,1H3,(H,15,17,18). The maximum Gasteiger partial charge on any atom is 0.308 e. The summed E-state index contributed by atoms with van der Waals surface area (Å²) in [4.78, 5) is 36.7. The highest BCUT2D eigenvalue weighted by Gasteiger charge is 2.26. The van der Waals surface area contributed by atoms with Crippen LogP contribution in [0.3, 0.4) is 0 Å². The average molecular weight is 294 g/mol. The van der Waals surface area contributed by atoms with E-state index in [9.17, 15) is 14.4 Å². The minimum Gasteiger partial charge on any atom is -0.469 e. The summed E-state index contributed by atoms with van der Waals surface area (Å²) in [5, 5.41) is 2.27. The number of carbonyl (C=O) groups excluding carboxylic acids is 3. The van der Waals surface area contributed by atoms with Crippen LogP contribution in [-0.4, -0.2) is 49.4 Å². The van der Waals surface area contributed by atoms with Crippen molar-refractivity contribution < 1.29 is 23.5 Å². The van der Waals surface area contributed by atoms with Crippen LogP contribution in [0.25, 0.3) is 0 Å². The molecule has 1 fully saturated rings. The highest BCUT2D eigenvalue weighted by atomic mass is 16.5. The zero-order valence-electron chi connectivity index (χ0n) is 11.8. The molecule has 1 aliphatic heterocycles. The van der Waals surface area contributed by atoms with Crippen LogP contribution in [0.5, 0.6) is 0 Å². The van der Waals surface area contributed by atoms with Gasteiger partial charge in [0.25, 0.3) is 5.91 Å². The van der Waals surface area contributed by atoms with Crippen molar-refractivity contribution in [3.63, 3.8) is 0 Å². The van der Waals surface area contributed by atoms with Crippen molar-refractivity contribution in [1.29, 1.82) is 0 Å². The molecule has 0 spiro atoms. The Morgan fingerprint density at radius 2 is 2.10 bits per heavy atom. The number of rotatable bonds is 4. The molecule has 0 unspecified atom stereocenters. The van der Waals surface area contributed by atoms with Crippen molar-refractivity contribution in [3.05, 3.63) is 24.2 Å². The summed E-state index contributed by atoms with van der Waals surface area (Å²) in [6, 6.07) is 3.07. The zero-order valence-corrected chi connectivity index (χ0v) is 11.8. The van der Waals surface area contributed by atoms with Crippen molar-refractivity contribution in [2.45, 2.75) is 12.8 Å². The quantitative estimate of drug-likeness (QED) is 0.810. The molecule has 0 radical (unpaired) electrons. The zero-order chi connectivity index (χ0) is 15.2. The van der Waals surface area contributed by atoms with E-state index in [1.807, 2.05) is 4.90 Å². The van der Waals surface area contributed by atoms with Crippen LogP contribution in [0.2, 0.25) is 0 Å². The summed E-state index contributed by atoms with van der Waals surface area (Å²) in [6.07, 6.45) is 2.69. The minimum absolute atomic E-state index is 0.0981. The lowest BCUT2D eigenvalue weighted by atomic mass is 9.97. The molecule has 1 N–H and O–H groups in total. The molecule has 1 saturated heterocycles. The molecule has 7 nitrogen and oxygen atoms in total. The van der Waals surface area contributed by atoms with Gasteiger partial charge in [0.15, 0.2) is 5.76 Å². The van der Waals surface area contributed by atoms with Crippen LogP contribution >= 0.6 is 0 Å². The fourth-order valence-corrected chi connectivity index (χ4v) is 2.33. The molecular weight excluding hydrogens is 276 g/mol. The second-order valence-corrected chi connectivity index (χ2v) is 4.93. The Balaban J connectivity index is 1.74. The molecule has 0 saturated carbocycles. The Labute approximate surface area is 122 Å². The van der Waals surface area contributed by atoms with E-state index in [0.29, 0.717) is 25.9 Å². The molecule has 0 atom stereocenters. The van der Waals surface area contributed by atoms with Gasteiger partial charge in [-0.1, -0.05) is 0 Å². The summed E-state index contributed by atoms with van der Waals surface area (Å²) >= 11 is 0. The lowest BCUT2D eigenvalue weighted by molar-refractivity contribution is -0.147. The summed E-state index contributed by atoms with van der Waals surface area (Å²) in [5.74, 6) is -1.12. The van der Waals surface area contributed by atoms with Crippen LogP contribution in [0.4, 0.5) is 0 Å². The van der Waals surface area contributed by atoms with E-state index in [1.165, 1.54) is 19.4 Å². The number of imide groups is 1. The number of methoxy groups -OCH3 is 1. The van der Waals surface area contributed by atoms with E-state index >= 15 is 0 Å². The smallest absolute Gasteiger partial charge is 0.308 e. The summed E-state index contributed by atoms with van der Waals surface area (Å²) in [6.45, 7) is 1.38. The highest BCUT2D eigenvalue weighted by Crippen LogP contribution is 2.17. The van der Waals surface area contributed by atoms with Gasteiger partial charge in [0.05, 0.1) is 25.8 Å². The molecule has 114 valence electrons. The van der Waals surface area contributed by atoms with Crippen molar-refractivity contribution in [3.8, 4) is 0 Å². The van der Waals surface area contributed by atoms with Crippen molar-refractivity contribution >= 4 is 17.8 Å². The number of ether oxygens (including phenoxy) is 1. The van der Waals surface area contributed by atoms with E-state index in [4.69, 9.17) is 9.15 Å². The number of likely N-dealkylation sites (tertiary alicyclic amines) is 1. The number of esters is 1. The third-order valence-electron chi connectivity index (χ3n) is 3.49. The maximum absolute atomic E-state index is 11.8. The second-order valence-electron chi connectivity index (χ2n) is 4.93. The molecule has 2 rings (SSSR count). The maximum atomic E-state index is 11.8. The number of amides is 2. The predicted molar refractivity (Wildman–Crippen MR) is 72.4 cm³/mol. The van der Waals surface area contributed by atoms with Crippen molar-refractivity contribution in [1.82, 2.24) is 10.2 Å². The number of hydrogen-bond donors (Lipinski definition) is 1. The summed E-state index contributed by atoms with van der Waals surface area (Å²) < 4.78 is 9.62. The minimum atomic E-state index is -0.547. The first-order chi connectivity index (χ1) is 10.1. The van der Waals surface area contributed by atoms with Crippen LogP contribution < -0.4 is 5.32 Å². The molecule has 7 heteroatoms. The number of hydrogen-bond acceptors (Lipinski definition) is 6. The first kappa shape index (κ1) is 15.2. The van der Waals surface area contributed by atoms with Crippen LogP contribution in [0, 0.1) is 5.92 Å². The third-order valence-corrected chi connectivity index (χ3v) is 3.49. The fraction of sp³-hybridized carbons (Fsp3) is 0.500. The topological polar surface area (TPSA) is 88.9 Å². The Hall–Kier alpha value is -2.15. The van der Waals surface area contributed by atoms with Gasteiger partial charge in [0.1, 0.15) is 0 Å². The van der Waals surface area contributed by atoms with Crippen LogP contribution in [-0.2, 0) is 14.3 Å². The number of furan rings is 1.